The van der Waals surface area contributed by atoms with Gasteiger partial charge in [-0.15, -0.1) is 0 Å². The smallest absolute Gasteiger partial charge is 0.264 e. The molecule has 1 saturated heterocycles. The molecule has 1 N–H and O–H groups in total. The Hall–Kier alpha value is -1.95. The number of nitrogens with zero attached hydrogens (tertiary/aromatic N) is 2. The molecule has 30 heavy (non-hydrogen) atoms. The first-order valence-electron chi connectivity index (χ1n) is 9.76. The van der Waals surface area contributed by atoms with Crippen LogP contribution in [0.4, 0.5) is 11.4 Å². The highest BCUT2D eigenvalue weighted by atomic mass is 35.5. The molecule has 0 bridgehead atoms. The average molecular weight is 460 g/mol. The lowest BCUT2D eigenvalue weighted by molar-refractivity contribution is -0.115. The van der Waals surface area contributed by atoms with E-state index in [4.69, 9.17) is 23.2 Å². The van der Waals surface area contributed by atoms with Gasteiger partial charge in [-0.1, -0.05) is 36.2 Å². The van der Waals surface area contributed by atoms with Gasteiger partial charge < -0.3 is 10.2 Å². The number of carbonyl (C=O) groups is 1. The molecule has 0 spiro atoms. The van der Waals surface area contributed by atoms with Gasteiger partial charge in [-0.2, -0.15) is 0 Å². The van der Waals surface area contributed by atoms with Crippen molar-refractivity contribution in [3.8, 4) is 0 Å². The molecule has 4 nitrogen and oxygen atoms in total. The van der Waals surface area contributed by atoms with E-state index in [0.717, 1.165) is 17.7 Å². The number of anilines is 1. The third-order valence-corrected chi connectivity index (χ3v) is 7.20. The molecule has 156 valence electrons. The lowest BCUT2D eigenvalue weighted by atomic mass is 9.80. The van der Waals surface area contributed by atoms with Crippen molar-refractivity contribution in [3.05, 3.63) is 62.5 Å². The van der Waals surface area contributed by atoms with E-state index in [0.29, 0.717) is 31.7 Å². The number of aliphatic imine (C=N–C) groups is 1. The fourth-order valence-corrected chi connectivity index (χ4v) is 5.23. The molecule has 1 atom stereocenters. The number of nitrogens with one attached hydrogen (secondary N) is 1. The molecule has 0 radical (unpaired) electrons. The molecule has 7 heteroatoms. The zero-order chi connectivity index (χ0) is 21.6. The highest BCUT2D eigenvalue weighted by Gasteiger charge is 2.34. The van der Waals surface area contributed by atoms with Gasteiger partial charge in [0.1, 0.15) is 0 Å². The van der Waals surface area contributed by atoms with Crippen LogP contribution in [0.5, 0.6) is 0 Å². The maximum absolute atomic E-state index is 12.5. The molecule has 4 rings (SSSR count). The molecule has 0 unspecified atom stereocenters. The summed E-state index contributed by atoms with van der Waals surface area (Å²) in [5.41, 5.74) is 4.01. The molecule has 2 heterocycles. The highest BCUT2D eigenvalue weighted by Crippen LogP contribution is 2.45. The molecule has 2 aromatic rings. The van der Waals surface area contributed by atoms with Crippen LogP contribution < -0.4 is 10.2 Å². The summed E-state index contributed by atoms with van der Waals surface area (Å²) < 4.78 is 0. The summed E-state index contributed by atoms with van der Waals surface area (Å²) in [5, 5.41) is 4.57. The lowest BCUT2D eigenvalue weighted by Gasteiger charge is -2.45. The molecular weight excluding hydrogens is 437 g/mol. The summed E-state index contributed by atoms with van der Waals surface area (Å²) in [5.74, 6) is 0.228. The largest absolute Gasteiger partial charge is 0.369 e. The quantitative estimate of drug-likeness (QED) is 0.513. The Morgan fingerprint density at radius 2 is 2.03 bits per heavy atom. The zero-order valence-corrected chi connectivity index (χ0v) is 19.6. The topological polar surface area (TPSA) is 44.7 Å². The monoisotopic (exact) mass is 459 g/mol. The van der Waals surface area contributed by atoms with E-state index < -0.39 is 0 Å². The summed E-state index contributed by atoms with van der Waals surface area (Å²) >= 11 is 13.9. The highest BCUT2D eigenvalue weighted by molar-refractivity contribution is 8.18. The number of hydrogen-bond donors (Lipinski definition) is 1. The Morgan fingerprint density at radius 3 is 2.77 bits per heavy atom. The van der Waals surface area contributed by atoms with E-state index in [-0.39, 0.29) is 11.4 Å². The Labute approximate surface area is 191 Å². The Morgan fingerprint density at radius 1 is 1.27 bits per heavy atom. The number of amidine groups is 1. The van der Waals surface area contributed by atoms with Crippen molar-refractivity contribution in [3.63, 3.8) is 0 Å². The third kappa shape index (κ3) is 4.11. The molecule has 1 amide bonds. The van der Waals surface area contributed by atoms with Gasteiger partial charge in [-0.05, 0) is 85.5 Å². The summed E-state index contributed by atoms with van der Waals surface area (Å²) in [6.45, 7) is 6.73. The van der Waals surface area contributed by atoms with Crippen molar-refractivity contribution in [1.82, 2.24) is 5.32 Å². The zero-order valence-electron chi connectivity index (χ0n) is 17.3. The van der Waals surface area contributed by atoms with E-state index in [2.05, 4.69) is 49.1 Å². The van der Waals surface area contributed by atoms with Crippen molar-refractivity contribution >= 4 is 63.5 Å². The van der Waals surface area contributed by atoms with Crippen LogP contribution in [0.1, 0.15) is 44.2 Å². The average Bonchev–Trinajstić information content (AvgIpc) is 2.99. The molecule has 2 aliphatic heterocycles. The molecule has 1 fully saturated rings. The van der Waals surface area contributed by atoms with Crippen molar-refractivity contribution in [2.75, 3.05) is 11.9 Å². The van der Waals surface area contributed by atoms with Crippen LogP contribution in [0, 0.1) is 0 Å². The van der Waals surface area contributed by atoms with E-state index in [1.807, 2.05) is 24.3 Å². The van der Waals surface area contributed by atoms with E-state index in [1.54, 1.807) is 12.1 Å². The second-order valence-electron chi connectivity index (χ2n) is 8.37. The Balaban J connectivity index is 1.66. The Bertz CT molecular complexity index is 1090. The first-order valence-corrected chi connectivity index (χ1v) is 11.3. The van der Waals surface area contributed by atoms with E-state index >= 15 is 0 Å². The number of carbonyl (C=O) groups excluding carboxylic acids is 1. The van der Waals surface area contributed by atoms with Crippen LogP contribution >= 0.6 is 35.0 Å². The Kier molecular flexibility index (Phi) is 5.64. The lowest BCUT2D eigenvalue weighted by Crippen LogP contribution is -2.45. The van der Waals surface area contributed by atoms with Crippen LogP contribution in [0.3, 0.4) is 0 Å². The van der Waals surface area contributed by atoms with Gasteiger partial charge >= 0.3 is 0 Å². The number of thioether (sulfide) groups is 1. The van der Waals surface area contributed by atoms with Gasteiger partial charge in [0.2, 0.25) is 0 Å². The number of benzene rings is 2. The summed E-state index contributed by atoms with van der Waals surface area (Å²) in [6, 6.07) is 11.3. The molecule has 2 aliphatic rings. The van der Waals surface area contributed by atoms with Gasteiger partial charge in [0, 0.05) is 28.3 Å². The van der Waals surface area contributed by atoms with E-state index in [1.165, 1.54) is 17.3 Å². The van der Waals surface area contributed by atoms with Gasteiger partial charge in [0.25, 0.3) is 5.91 Å². The van der Waals surface area contributed by atoms with E-state index in [9.17, 15) is 4.79 Å². The number of fused-ring (bicyclic) bond motifs is 1. The minimum Gasteiger partial charge on any atom is -0.369 e. The predicted octanol–water partition coefficient (Wildman–Crippen LogP) is 6.61. The third-order valence-electron chi connectivity index (χ3n) is 5.73. The number of hydrogen-bond acceptors (Lipinski definition) is 4. The molecule has 0 aromatic heterocycles. The predicted molar refractivity (Wildman–Crippen MR) is 129 cm³/mol. The molecule has 0 aliphatic carbocycles. The normalized spacial score (nSPS) is 23.1. The van der Waals surface area contributed by atoms with Crippen molar-refractivity contribution in [2.24, 2.45) is 4.99 Å². The number of halogens is 2. The van der Waals surface area contributed by atoms with Crippen LogP contribution in [-0.4, -0.2) is 23.7 Å². The first-order chi connectivity index (χ1) is 14.1. The van der Waals surface area contributed by atoms with Crippen LogP contribution in [-0.2, 0) is 4.79 Å². The van der Waals surface area contributed by atoms with Crippen LogP contribution in [0.25, 0.3) is 6.08 Å². The van der Waals surface area contributed by atoms with Crippen molar-refractivity contribution in [2.45, 2.75) is 38.6 Å². The standard InChI is InChI=1S/C23H23Cl2N3OS/c1-13-12-23(2,3)28(4)19-11-18(25)14(8-17(13)19)9-20-21(29)27-22(30-20)26-16-7-5-6-15(24)10-16/h5-11,13H,12H2,1-4H3,(H,26,27,29)/b20-9-/t13-/m0/s1. The summed E-state index contributed by atoms with van der Waals surface area (Å²) in [7, 11) is 2.11. The SMILES string of the molecule is C[C@H]1CC(C)(C)N(C)c2cc(Cl)c(/C=C3\SC(=Nc4cccc(Cl)c4)NC3=O)cc21. The van der Waals surface area contributed by atoms with Gasteiger partial charge in [-0.25, -0.2) is 4.99 Å². The van der Waals surface area contributed by atoms with Gasteiger partial charge in [0.15, 0.2) is 5.17 Å². The van der Waals surface area contributed by atoms with Gasteiger partial charge in [-0.3, -0.25) is 4.79 Å². The van der Waals surface area contributed by atoms with Crippen molar-refractivity contribution < 1.29 is 4.79 Å². The van der Waals surface area contributed by atoms with Crippen LogP contribution in [0.15, 0.2) is 46.3 Å². The molecule has 2 aromatic carbocycles. The second kappa shape index (κ2) is 7.95. The number of rotatable bonds is 2. The maximum Gasteiger partial charge on any atom is 0.264 e. The molecular formula is C23H23Cl2N3OS. The molecule has 0 saturated carbocycles. The maximum atomic E-state index is 12.5. The first kappa shape index (κ1) is 21.3. The van der Waals surface area contributed by atoms with Crippen LogP contribution in [0.2, 0.25) is 10.0 Å². The van der Waals surface area contributed by atoms with Gasteiger partial charge in [0.05, 0.1) is 10.6 Å². The fraction of sp³-hybridized carbons (Fsp3) is 0.304. The number of amides is 1. The minimum absolute atomic E-state index is 0.0720. The fourth-order valence-electron chi connectivity index (χ4n) is 4.00. The minimum atomic E-state index is -0.180. The summed E-state index contributed by atoms with van der Waals surface area (Å²) in [6.07, 6.45) is 2.90. The van der Waals surface area contributed by atoms with Crippen molar-refractivity contribution in [1.29, 1.82) is 0 Å². The second-order valence-corrected chi connectivity index (χ2v) is 10.2. The summed E-state index contributed by atoms with van der Waals surface area (Å²) in [4.78, 5) is 19.8.